The molecule has 1 heterocycles. The molecule has 0 saturated carbocycles. The van der Waals surface area contributed by atoms with Crippen molar-refractivity contribution in [2.45, 2.75) is 26.8 Å². The smallest absolute Gasteiger partial charge is 0.251 e. The Bertz CT molecular complexity index is 594. The van der Waals surface area contributed by atoms with Crippen molar-refractivity contribution in [2.75, 3.05) is 6.61 Å². The Labute approximate surface area is 131 Å². The number of carbonyl (C=O) groups is 1. The number of amides is 1. The third-order valence-electron chi connectivity index (χ3n) is 3.39. The maximum Gasteiger partial charge on any atom is 0.251 e. The number of ether oxygens (including phenoxy) is 1. The molecule has 4 heteroatoms. The molecule has 1 aromatic carbocycles. The average molecular weight is 298 g/mol. The van der Waals surface area contributed by atoms with Crippen molar-refractivity contribution in [2.24, 2.45) is 5.92 Å². The Morgan fingerprint density at radius 1 is 1.18 bits per heavy atom. The molecule has 0 fully saturated rings. The van der Waals surface area contributed by atoms with E-state index in [1.807, 2.05) is 37.3 Å². The third-order valence-corrected chi connectivity index (χ3v) is 3.39. The van der Waals surface area contributed by atoms with Crippen LogP contribution >= 0.6 is 0 Å². The van der Waals surface area contributed by atoms with E-state index in [1.165, 1.54) is 0 Å². The van der Waals surface area contributed by atoms with Crippen molar-refractivity contribution in [3.8, 4) is 5.75 Å². The van der Waals surface area contributed by atoms with E-state index in [1.54, 1.807) is 18.3 Å². The first kappa shape index (κ1) is 16.0. The molecule has 4 nitrogen and oxygen atoms in total. The van der Waals surface area contributed by atoms with Gasteiger partial charge in [0.1, 0.15) is 5.75 Å². The van der Waals surface area contributed by atoms with Crippen molar-refractivity contribution >= 4 is 5.91 Å². The molecule has 0 aliphatic heterocycles. The van der Waals surface area contributed by atoms with Crippen molar-refractivity contribution in [1.29, 1.82) is 0 Å². The van der Waals surface area contributed by atoms with Crippen LogP contribution in [-0.2, 0) is 0 Å². The highest BCUT2D eigenvalue weighted by atomic mass is 16.5. The fourth-order valence-electron chi connectivity index (χ4n) is 2.24. The van der Waals surface area contributed by atoms with Gasteiger partial charge in [0.25, 0.3) is 5.91 Å². The highest BCUT2D eigenvalue weighted by Crippen LogP contribution is 2.20. The van der Waals surface area contributed by atoms with Crippen LogP contribution in [-0.4, -0.2) is 17.5 Å². The predicted molar refractivity (Wildman–Crippen MR) is 86.9 cm³/mol. The Morgan fingerprint density at radius 3 is 2.45 bits per heavy atom. The summed E-state index contributed by atoms with van der Waals surface area (Å²) >= 11 is 0. The predicted octanol–water partition coefficient (Wildman–Crippen LogP) is 3.61. The minimum absolute atomic E-state index is 0.104. The SMILES string of the molecule is CCOc1ccc(C(=O)NC(c2ccccn2)C(C)C)cc1. The zero-order chi connectivity index (χ0) is 15.9. The molecule has 1 N–H and O–H groups in total. The van der Waals surface area contributed by atoms with E-state index in [-0.39, 0.29) is 17.9 Å². The van der Waals surface area contributed by atoms with Crippen LogP contribution < -0.4 is 10.1 Å². The van der Waals surface area contributed by atoms with Crippen molar-refractivity contribution in [1.82, 2.24) is 10.3 Å². The zero-order valence-electron chi connectivity index (χ0n) is 13.2. The van der Waals surface area contributed by atoms with Gasteiger partial charge < -0.3 is 10.1 Å². The lowest BCUT2D eigenvalue weighted by Crippen LogP contribution is -2.32. The summed E-state index contributed by atoms with van der Waals surface area (Å²) < 4.78 is 5.39. The van der Waals surface area contributed by atoms with E-state index in [4.69, 9.17) is 4.74 Å². The van der Waals surface area contributed by atoms with Crippen LogP contribution in [0.25, 0.3) is 0 Å². The van der Waals surface area contributed by atoms with Gasteiger partial charge >= 0.3 is 0 Å². The van der Waals surface area contributed by atoms with Gasteiger partial charge in [0, 0.05) is 11.8 Å². The highest BCUT2D eigenvalue weighted by Gasteiger charge is 2.20. The van der Waals surface area contributed by atoms with Gasteiger partial charge in [-0.2, -0.15) is 0 Å². The summed E-state index contributed by atoms with van der Waals surface area (Å²) in [6.07, 6.45) is 1.74. The van der Waals surface area contributed by atoms with Crippen molar-refractivity contribution in [3.05, 3.63) is 59.9 Å². The van der Waals surface area contributed by atoms with Crippen LogP contribution in [0.5, 0.6) is 5.75 Å². The fourth-order valence-corrected chi connectivity index (χ4v) is 2.24. The molecule has 1 unspecified atom stereocenters. The Balaban J connectivity index is 2.11. The Morgan fingerprint density at radius 2 is 1.91 bits per heavy atom. The summed E-state index contributed by atoms with van der Waals surface area (Å²) in [5.41, 5.74) is 1.49. The van der Waals surface area contributed by atoms with E-state index >= 15 is 0 Å². The minimum atomic E-state index is -0.111. The molecule has 1 amide bonds. The lowest BCUT2D eigenvalue weighted by molar-refractivity contribution is 0.0924. The van der Waals surface area contributed by atoms with E-state index in [2.05, 4.69) is 24.1 Å². The first-order valence-electron chi connectivity index (χ1n) is 7.56. The molecular weight excluding hydrogens is 276 g/mol. The second-order valence-electron chi connectivity index (χ2n) is 5.41. The maximum absolute atomic E-state index is 12.4. The number of nitrogens with one attached hydrogen (secondary N) is 1. The van der Waals surface area contributed by atoms with Gasteiger partial charge in [-0.3, -0.25) is 9.78 Å². The number of hydrogen-bond acceptors (Lipinski definition) is 3. The molecule has 0 aliphatic rings. The molecule has 0 spiro atoms. The topological polar surface area (TPSA) is 51.2 Å². The second-order valence-corrected chi connectivity index (χ2v) is 5.41. The summed E-state index contributed by atoms with van der Waals surface area (Å²) in [6.45, 7) is 6.68. The highest BCUT2D eigenvalue weighted by molar-refractivity contribution is 5.94. The van der Waals surface area contributed by atoms with Gasteiger partial charge in [-0.15, -0.1) is 0 Å². The standard InChI is InChI=1S/C18H22N2O2/c1-4-22-15-10-8-14(9-11-15)18(21)20-17(13(2)3)16-7-5-6-12-19-16/h5-13,17H,4H2,1-3H3,(H,20,21). The zero-order valence-corrected chi connectivity index (χ0v) is 13.2. The molecule has 22 heavy (non-hydrogen) atoms. The van der Waals surface area contributed by atoms with E-state index in [0.717, 1.165) is 11.4 Å². The minimum Gasteiger partial charge on any atom is -0.494 e. The summed E-state index contributed by atoms with van der Waals surface area (Å²) in [4.78, 5) is 16.8. The number of nitrogens with zero attached hydrogens (tertiary/aromatic N) is 1. The molecule has 0 aliphatic carbocycles. The number of carbonyl (C=O) groups excluding carboxylic acids is 1. The molecule has 116 valence electrons. The van der Waals surface area contributed by atoms with E-state index in [9.17, 15) is 4.79 Å². The first-order valence-corrected chi connectivity index (χ1v) is 7.56. The third kappa shape index (κ3) is 4.07. The average Bonchev–Trinajstić information content (AvgIpc) is 2.54. The van der Waals surface area contributed by atoms with Gasteiger partial charge in [-0.1, -0.05) is 19.9 Å². The summed E-state index contributed by atoms with van der Waals surface area (Å²) in [5, 5.41) is 3.06. The largest absolute Gasteiger partial charge is 0.494 e. The number of rotatable bonds is 6. The quantitative estimate of drug-likeness (QED) is 0.886. The maximum atomic E-state index is 12.4. The second kappa shape index (κ2) is 7.59. The summed E-state index contributed by atoms with van der Waals surface area (Å²) in [5.74, 6) is 0.915. The number of benzene rings is 1. The van der Waals surface area contributed by atoms with E-state index < -0.39 is 0 Å². The molecule has 0 saturated heterocycles. The van der Waals surface area contributed by atoms with Crippen LogP contribution in [0.1, 0.15) is 42.9 Å². The summed E-state index contributed by atoms with van der Waals surface area (Å²) in [7, 11) is 0. The van der Waals surface area contributed by atoms with Crippen LogP contribution in [0.2, 0.25) is 0 Å². The first-order chi connectivity index (χ1) is 10.6. The molecule has 1 aromatic heterocycles. The van der Waals surface area contributed by atoms with Crippen LogP contribution in [0.15, 0.2) is 48.7 Å². The van der Waals surface area contributed by atoms with Gasteiger partial charge in [0.2, 0.25) is 0 Å². The molecule has 0 bridgehead atoms. The number of hydrogen-bond donors (Lipinski definition) is 1. The number of pyridine rings is 1. The Hall–Kier alpha value is -2.36. The van der Waals surface area contributed by atoms with Crippen molar-refractivity contribution in [3.63, 3.8) is 0 Å². The van der Waals surface area contributed by atoms with Gasteiger partial charge in [-0.05, 0) is 49.2 Å². The fraction of sp³-hybridized carbons (Fsp3) is 0.333. The van der Waals surface area contributed by atoms with Crippen LogP contribution in [0, 0.1) is 5.92 Å². The van der Waals surface area contributed by atoms with E-state index in [0.29, 0.717) is 12.2 Å². The molecule has 1 atom stereocenters. The Kier molecular flexibility index (Phi) is 5.53. The molecule has 2 aromatic rings. The summed E-state index contributed by atoms with van der Waals surface area (Å²) in [6, 6.07) is 12.8. The van der Waals surface area contributed by atoms with Gasteiger partial charge in [-0.25, -0.2) is 0 Å². The van der Waals surface area contributed by atoms with Crippen molar-refractivity contribution < 1.29 is 9.53 Å². The monoisotopic (exact) mass is 298 g/mol. The van der Waals surface area contributed by atoms with Gasteiger partial charge in [0.05, 0.1) is 18.3 Å². The van der Waals surface area contributed by atoms with Crippen LogP contribution in [0.4, 0.5) is 0 Å². The molecule has 2 rings (SSSR count). The van der Waals surface area contributed by atoms with Gasteiger partial charge in [0.15, 0.2) is 0 Å². The molecular formula is C18H22N2O2. The lowest BCUT2D eigenvalue weighted by Gasteiger charge is -2.22. The molecule has 0 radical (unpaired) electrons. The normalized spacial score (nSPS) is 12.0. The lowest BCUT2D eigenvalue weighted by atomic mass is 10.00. The van der Waals surface area contributed by atoms with Crippen LogP contribution in [0.3, 0.4) is 0 Å². The number of aromatic nitrogens is 1.